The van der Waals surface area contributed by atoms with Crippen molar-refractivity contribution in [3.05, 3.63) is 60.7 Å². The minimum absolute atomic E-state index is 0.496. The smallest absolute Gasteiger partial charge is 0.229 e. The zero-order chi connectivity index (χ0) is 21.3. The van der Waals surface area contributed by atoms with Gasteiger partial charge in [-0.05, 0) is 42.5 Å². The first-order valence-electron chi connectivity index (χ1n) is 9.45. The lowest BCUT2D eigenvalue weighted by Gasteiger charge is -2.17. The topological polar surface area (TPSA) is 95.1 Å². The second kappa shape index (κ2) is 7.72. The van der Waals surface area contributed by atoms with Crippen molar-refractivity contribution in [2.75, 3.05) is 41.0 Å². The Balaban J connectivity index is 1.86. The van der Waals surface area contributed by atoms with E-state index in [1.54, 1.807) is 19.2 Å². The minimum atomic E-state index is -3.35. The van der Waals surface area contributed by atoms with Crippen LogP contribution in [0.2, 0.25) is 0 Å². The summed E-state index contributed by atoms with van der Waals surface area (Å²) >= 11 is 0. The molecule has 154 valence electrons. The Kier molecular flexibility index (Phi) is 5.09. The van der Waals surface area contributed by atoms with Crippen LogP contribution >= 0.6 is 0 Å². The first-order chi connectivity index (χ1) is 14.4. The van der Waals surface area contributed by atoms with Gasteiger partial charge >= 0.3 is 0 Å². The summed E-state index contributed by atoms with van der Waals surface area (Å²) in [6.07, 6.45) is 1.13. The van der Waals surface area contributed by atoms with Crippen molar-refractivity contribution >= 4 is 60.3 Å². The van der Waals surface area contributed by atoms with E-state index >= 15 is 0 Å². The van der Waals surface area contributed by atoms with Gasteiger partial charge in [-0.3, -0.25) is 4.72 Å². The molecular weight excluding hydrogens is 398 g/mol. The third kappa shape index (κ3) is 3.95. The number of para-hydroxylation sites is 1. The van der Waals surface area contributed by atoms with Gasteiger partial charge in [-0.2, -0.15) is 0 Å². The lowest BCUT2D eigenvalue weighted by atomic mass is 10.1. The van der Waals surface area contributed by atoms with Crippen LogP contribution in [0.3, 0.4) is 0 Å². The maximum absolute atomic E-state index is 11.6. The molecule has 0 unspecified atom stereocenters. The number of rotatable bonds is 6. The molecular formula is C22H23N5O2S. The van der Waals surface area contributed by atoms with Crippen LogP contribution in [0.1, 0.15) is 0 Å². The Morgan fingerprint density at radius 2 is 1.50 bits per heavy atom. The molecule has 0 spiro atoms. The molecule has 1 aromatic heterocycles. The fourth-order valence-electron chi connectivity index (χ4n) is 3.46. The number of aromatic nitrogens is 1. The van der Waals surface area contributed by atoms with Crippen LogP contribution in [0.15, 0.2) is 60.7 Å². The molecule has 0 aliphatic rings. The van der Waals surface area contributed by atoms with E-state index in [-0.39, 0.29) is 0 Å². The molecule has 3 aromatic carbocycles. The molecule has 0 amide bonds. The van der Waals surface area contributed by atoms with Gasteiger partial charge in [0.25, 0.3) is 0 Å². The number of hydrogen-bond acceptors (Lipinski definition) is 6. The molecule has 4 aromatic rings. The van der Waals surface area contributed by atoms with Gasteiger partial charge in [0.05, 0.1) is 40.0 Å². The van der Waals surface area contributed by atoms with E-state index in [2.05, 4.69) is 20.7 Å². The third-order valence-electron chi connectivity index (χ3n) is 4.82. The summed E-state index contributed by atoms with van der Waals surface area (Å²) < 4.78 is 25.6. The fraction of sp³-hybridized carbons (Fsp3) is 0.136. The average Bonchev–Trinajstić information content (AvgIpc) is 2.72. The molecule has 0 aliphatic heterocycles. The molecule has 1 heterocycles. The summed E-state index contributed by atoms with van der Waals surface area (Å²) in [4.78, 5) is 4.81. The highest BCUT2D eigenvalue weighted by Crippen LogP contribution is 2.36. The summed E-state index contributed by atoms with van der Waals surface area (Å²) in [6.45, 7) is 0. The second-order valence-corrected chi connectivity index (χ2v) is 8.74. The summed E-state index contributed by atoms with van der Waals surface area (Å²) in [6, 6.07) is 19.4. The lowest BCUT2D eigenvalue weighted by molar-refractivity contribution is 0.607. The Morgan fingerprint density at radius 3 is 2.23 bits per heavy atom. The average molecular weight is 422 g/mol. The number of hydrogen-bond donors (Lipinski definition) is 4. The van der Waals surface area contributed by atoms with Gasteiger partial charge in [-0.1, -0.05) is 18.2 Å². The highest BCUT2D eigenvalue weighted by molar-refractivity contribution is 7.92. The Labute approximate surface area is 175 Å². The van der Waals surface area contributed by atoms with Crippen molar-refractivity contribution < 1.29 is 8.42 Å². The van der Waals surface area contributed by atoms with Crippen LogP contribution in [0.5, 0.6) is 0 Å². The molecule has 8 heteroatoms. The van der Waals surface area contributed by atoms with Gasteiger partial charge in [0, 0.05) is 30.6 Å². The molecule has 0 saturated heterocycles. The van der Waals surface area contributed by atoms with Gasteiger partial charge in [0.15, 0.2) is 0 Å². The summed E-state index contributed by atoms with van der Waals surface area (Å²) in [7, 11) is 0.329. The number of benzene rings is 3. The lowest BCUT2D eigenvalue weighted by Crippen LogP contribution is -2.10. The van der Waals surface area contributed by atoms with Crippen LogP contribution < -0.4 is 20.7 Å². The van der Waals surface area contributed by atoms with Crippen molar-refractivity contribution in [2.24, 2.45) is 0 Å². The van der Waals surface area contributed by atoms with E-state index in [1.165, 1.54) is 0 Å². The predicted molar refractivity (Wildman–Crippen MR) is 127 cm³/mol. The Bertz CT molecular complexity index is 1350. The van der Waals surface area contributed by atoms with Crippen molar-refractivity contribution in [3.63, 3.8) is 0 Å². The molecule has 0 bridgehead atoms. The Hall–Kier alpha value is -3.52. The van der Waals surface area contributed by atoms with Crippen LogP contribution in [-0.4, -0.2) is 33.8 Å². The van der Waals surface area contributed by atoms with E-state index in [0.29, 0.717) is 5.69 Å². The molecule has 0 atom stereocenters. The summed E-state index contributed by atoms with van der Waals surface area (Å²) in [5.41, 5.74) is 5.79. The van der Waals surface area contributed by atoms with Crippen LogP contribution in [-0.2, 0) is 10.0 Å². The number of anilines is 5. The van der Waals surface area contributed by atoms with E-state index in [0.717, 1.165) is 50.8 Å². The Morgan fingerprint density at radius 1 is 0.767 bits per heavy atom. The zero-order valence-corrected chi connectivity index (χ0v) is 17.8. The molecule has 7 nitrogen and oxygen atoms in total. The predicted octanol–water partition coefficient (Wildman–Crippen LogP) is 4.59. The first kappa shape index (κ1) is 19.8. The molecule has 0 radical (unpaired) electrons. The highest BCUT2D eigenvalue weighted by atomic mass is 32.2. The van der Waals surface area contributed by atoms with E-state index in [1.807, 2.05) is 55.6 Å². The maximum Gasteiger partial charge on any atom is 0.229 e. The van der Waals surface area contributed by atoms with Gasteiger partial charge < -0.3 is 16.0 Å². The third-order valence-corrected chi connectivity index (χ3v) is 5.43. The van der Waals surface area contributed by atoms with Gasteiger partial charge in [-0.15, -0.1) is 0 Å². The molecule has 4 rings (SSSR count). The van der Waals surface area contributed by atoms with E-state index < -0.39 is 10.0 Å². The first-order valence-corrected chi connectivity index (χ1v) is 11.3. The standard InChI is InChI=1S/C22H23N5O2S/c1-23-14-8-10-17-20(12-14)25-18-7-5-4-6-16(18)22(17)26-19-11-9-15(13-21(19)24-2)27-30(3,28)29/h4-13,23-24,27H,1-3H3,(H,25,26). The number of fused-ring (bicyclic) bond motifs is 2. The van der Waals surface area contributed by atoms with Gasteiger partial charge in [0.1, 0.15) is 0 Å². The molecule has 0 saturated carbocycles. The second-order valence-electron chi connectivity index (χ2n) is 7.00. The highest BCUT2D eigenvalue weighted by Gasteiger charge is 2.12. The zero-order valence-electron chi connectivity index (χ0n) is 16.9. The van der Waals surface area contributed by atoms with Gasteiger partial charge in [0.2, 0.25) is 10.0 Å². The molecule has 30 heavy (non-hydrogen) atoms. The van der Waals surface area contributed by atoms with Crippen molar-refractivity contribution in [1.82, 2.24) is 4.98 Å². The van der Waals surface area contributed by atoms with Crippen LogP contribution in [0.25, 0.3) is 21.8 Å². The minimum Gasteiger partial charge on any atom is -0.388 e. The molecule has 0 fully saturated rings. The number of nitrogens with one attached hydrogen (secondary N) is 4. The van der Waals surface area contributed by atoms with Crippen molar-refractivity contribution in [2.45, 2.75) is 0 Å². The largest absolute Gasteiger partial charge is 0.388 e. The monoisotopic (exact) mass is 421 g/mol. The molecule has 4 N–H and O–H groups in total. The van der Waals surface area contributed by atoms with E-state index in [4.69, 9.17) is 4.98 Å². The quantitative estimate of drug-likeness (QED) is 0.340. The fourth-order valence-corrected chi connectivity index (χ4v) is 4.01. The number of sulfonamides is 1. The van der Waals surface area contributed by atoms with Gasteiger partial charge in [-0.25, -0.2) is 13.4 Å². The SMILES string of the molecule is CNc1ccc2c(Nc3ccc(NS(C)(=O)=O)cc3NC)c3ccccc3nc2c1. The molecule has 0 aliphatic carbocycles. The summed E-state index contributed by atoms with van der Waals surface area (Å²) in [5, 5.41) is 11.8. The van der Waals surface area contributed by atoms with E-state index in [9.17, 15) is 8.42 Å². The normalized spacial score (nSPS) is 11.4. The number of pyridine rings is 1. The van der Waals surface area contributed by atoms with Crippen LogP contribution in [0, 0.1) is 0 Å². The van der Waals surface area contributed by atoms with Crippen LogP contribution in [0.4, 0.5) is 28.4 Å². The number of nitrogens with zero attached hydrogens (tertiary/aromatic N) is 1. The summed E-state index contributed by atoms with van der Waals surface area (Å²) in [5.74, 6) is 0. The maximum atomic E-state index is 11.6. The van der Waals surface area contributed by atoms with Crippen molar-refractivity contribution in [1.29, 1.82) is 0 Å². The van der Waals surface area contributed by atoms with Crippen molar-refractivity contribution in [3.8, 4) is 0 Å².